The number of hydrogen-bond donors (Lipinski definition) is 2. The van der Waals surface area contributed by atoms with Crippen LogP contribution in [0.4, 0.5) is 0 Å². The summed E-state index contributed by atoms with van der Waals surface area (Å²) in [6.45, 7) is 2.41. The maximum atomic E-state index is 12.1. The van der Waals surface area contributed by atoms with Gasteiger partial charge in [0.1, 0.15) is 5.75 Å². The zero-order valence-electron chi connectivity index (χ0n) is 11.3. The Balaban J connectivity index is 1.85. The molecule has 3 atom stereocenters. The van der Waals surface area contributed by atoms with Crippen LogP contribution in [0.1, 0.15) is 26.2 Å². The predicted octanol–water partition coefficient (Wildman–Crippen LogP) is 1.70. The summed E-state index contributed by atoms with van der Waals surface area (Å²) in [7, 11) is 0. The number of carbonyl (C=O) groups excluding carboxylic acids is 1. The topological polar surface area (TPSA) is 64.3 Å². The fourth-order valence-corrected chi connectivity index (χ4v) is 2.57. The molecule has 0 bridgehead atoms. The van der Waals surface area contributed by atoms with Crippen molar-refractivity contribution in [1.82, 2.24) is 5.32 Å². The number of nitrogens with two attached hydrogens (primary N) is 1. The maximum absolute atomic E-state index is 12.1. The van der Waals surface area contributed by atoms with Crippen molar-refractivity contribution in [2.45, 2.75) is 38.3 Å². The van der Waals surface area contributed by atoms with Crippen LogP contribution in [0.15, 0.2) is 30.3 Å². The minimum Gasteiger partial charge on any atom is -0.481 e. The van der Waals surface area contributed by atoms with Crippen molar-refractivity contribution < 1.29 is 9.53 Å². The summed E-state index contributed by atoms with van der Waals surface area (Å²) in [4.78, 5) is 12.1. The second kappa shape index (κ2) is 6.57. The Morgan fingerprint density at radius 1 is 1.42 bits per heavy atom. The van der Waals surface area contributed by atoms with Gasteiger partial charge in [-0.05, 0) is 44.4 Å². The minimum atomic E-state index is -0.485. The largest absolute Gasteiger partial charge is 0.481 e. The van der Waals surface area contributed by atoms with Gasteiger partial charge in [0.2, 0.25) is 0 Å². The van der Waals surface area contributed by atoms with Crippen molar-refractivity contribution in [3.63, 3.8) is 0 Å². The molecule has 3 unspecified atom stereocenters. The lowest BCUT2D eigenvalue weighted by Crippen LogP contribution is -2.45. The molecule has 1 fully saturated rings. The molecule has 0 spiro atoms. The van der Waals surface area contributed by atoms with Crippen molar-refractivity contribution in [1.29, 1.82) is 0 Å². The number of carbonyl (C=O) groups is 1. The number of amides is 1. The molecular weight excluding hydrogens is 240 g/mol. The highest BCUT2D eigenvalue weighted by atomic mass is 16.5. The van der Waals surface area contributed by atoms with E-state index in [2.05, 4.69) is 5.32 Å². The number of ether oxygens (including phenoxy) is 1. The Kier molecular flexibility index (Phi) is 4.80. The smallest absolute Gasteiger partial charge is 0.261 e. The first-order valence-corrected chi connectivity index (χ1v) is 6.93. The van der Waals surface area contributed by atoms with Crippen LogP contribution in [0.5, 0.6) is 5.75 Å². The van der Waals surface area contributed by atoms with E-state index in [9.17, 15) is 4.79 Å². The van der Waals surface area contributed by atoms with Crippen LogP contribution >= 0.6 is 0 Å². The molecule has 3 N–H and O–H groups in total. The Morgan fingerprint density at radius 2 is 2.16 bits per heavy atom. The first-order chi connectivity index (χ1) is 9.20. The summed E-state index contributed by atoms with van der Waals surface area (Å²) in [5.74, 6) is 1.06. The van der Waals surface area contributed by atoms with Gasteiger partial charge in [0.15, 0.2) is 6.10 Å². The lowest BCUT2D eigenvalue weighted by molar-refractivity contribution is -0.128. The summed E-state index contributed by atoms with van der Waals surface area (Å²) >= 11 is 0. The van der Waals surface area contributed by atoms with E-state index in [1.165, 1.54) is 0 Å². The van der Waals surface area contributed by atoms with Gasteiger partial charge >= 0.3 is 0 Å². The molecule has 0 heterocycles. The van der Waals surface area contributed by atoms with E-state index in [4.69, 9.17) is 10.5 Å². The van der Waals surface area contributed by atoms with Crippen LogP contribution in [0.3, 0.4) is 0 Å². The van der Waals surface area contributed by atoms with E-state index in [0.29, 0.717) is 18.2 Å². The molecule has 0 aliphatic heterocycles. The highest BCUT2D eigenvalue weighted by molar-refractivity contribution is 5.81. The Hall–Kier alpha value is -1.55. The summed E-state index contributed by atoms with van der Waals surface area (Å²) in [6, 6.07) is 9.61. The Bertz CT molecular complexity index is 408. The number of para-hydroxylation sites is 1. The summed E-state index contributed by atoms with van der Waals surface area (Å²) < 4.78 is 5.61. The summed E-state index contributed by atoms with van der Waals surface area (Å²) in [5.41, 5.74) is 5.72. The molecule has 1 aromatic rings. The van der Waals surface area contributed by atoms with E-state index >= 15 is 0 Å². The third-order valence-electron chi connectivity index (χ3n) is 3.71. The highest BCUT2D eigenvalue weighted by Gasteiger charge is 2.29. The van der Waals surface area contributed by atoms with Crippen molar-refractivity contribution in [2.75, 3.05) is 6.54 Å². The second-order valence-corrected chi connectivity index (χ2v) is 5.11. The normalized spacial score (nSPS) is 23.9. The molecular formula is C15H22N2O2. The van der Waals surface area contributed by atoms with Gasteiger partial charge in [-0.25, -0.2) is 0 Å². The number of benzene rings is 1. The van der Waals surface area contributed by atoms with Crippen molar-refractivity contribution in [2.24, 2.45) is 11.7 Å². The quantitative estimate of drug-likeness (QED) is 0.849. The lowest BCUT2D eigenvalue weighted by atomic mass is 10.0. The van der Waals surface area contributed by atoms with Gasteiger partial charge in [-0.1, -0.05) is 24.6 Å². The molecule has 1 aromatic carbocycles. The third-order valence-corrected chi connectivity index (χ3v) is 3.71. The molecule has 1 aliphatic carbocycles. The Labute approximate surface area is 114 Å². The third kappa shape index (κ3) is 3.70. The first-order valence-electron chi connectivity index (χ1n) is 6.93. The standard InChI is InChI=1S/C15H22N2O2/c1-11(19-13-7-3-2-4-8-13)15(18)17-14-9-5-6-12(14)10-16/h2-4,7-8,11-12,14H,5-6,9-10,16H2,1H3,(H,17,18). The average Bonchev–Trinajstić information content (AvgIpc) is 2.87. The second-order valence-electron chi connectivity index (χ2n) is 5.11. The number of hydrogen-bond acceptors (Lipinski definition) is 3. The van der Waals surface area contributed by atoms with Crippen LogP contribution in [-0.4, -0.2) is 24.6 Å². The van der Waals surface area contributed by atoms with Crippen LogP contribution in [0.2, 0.25) is 0 Å². The van der Waals surface area contributed by atoms with Gasteiger partial charge in [-0.15, -0.1) is 0 Å². The fourth-order valence-electron chi connectivity index (χ4n) is 2.57. The van der Waals surface area contributed by atoms with Crippen LogP contribution in [0, 0.1) is 5.92 Å². The van der Waals surface area contributed by atoms with Crippen LogP contribution in [-0.2, 0) is 4.79 Å². The van der Waals surface area contributed by atoms with E-state index in [-0.39, 0.29) is 11.9 Å². The van der Waals surface area contributed by atoms with E-state index < -0.39 is 6.10 Å². The van der Waals surface area contributed by atoms with Crippen molar-refractivity contribution >= 4 is 5.91 Å². The summed E-state index contributed by atoms with van der Waals surface area (Å²) in [6.07, 6.45) is 2.78. The number of nitrogens with one attached hydrogen (secondary N) is 1. The molecule has 2 rings (SSSR count). The maximum Gasteiger partial charge on any atom is 0.261 e. The molecule has 104 valence electrons. The molecule has 0 radical (unpaired) electrons. The zero-order valence-corrected chi connectivity index (χ0v) is 11.3. The molecule has 1 saturated carbocycles. The molecule has 1 aliphatic rings. The SMILES string of the molecule is CC(Oc1ccccc1)C(=O)NC1CCCC1CN. The van der Waals surface area contributed by atoms with E-state index in [0.717, 1.165) is 19.3 Å². The van der Waals surface area contributed by atoms with E-state index in [1.807, 2.05) is 30.3 Å². The molecule has 19 heavy (non-hydrogen) atoms. The predicted molar refractivity (Wildman–Crippen MR) is 74.9 cm³/mol. The van der Waals surface area contributed by atoms with Gasteiger partial charge in [-0.2, -0.15) is 0 Å². The van der Waals surface area contributed by atoms with Gasteiger partial charge < -0.3 is 15.8 Å². The monoisotopic (exact) mass is 262 g/mol. The number of rotatable bonds is 5. The molecule has 4 nitrogen and oxygen atoms in total. The molecule has 1 amide bonds. The lowest BCUT2D eigenvalue weighted by Gasteiger charge is -2.22. The van der Waals surface area contributed by atoms with Gasteiger partial charge in [0, 0.05) is 6.04 Å². The zero-order chi connectivity index (χ0) is 13.7. The van der Waals surface area contributed by atoms with Crippen molar-refractivity contribution in [3.05, 3.63) is 30.3 Å². The molecule has 0 saturated heterocycles. The highest BCUT2D eigenvalue weighted by Crippen LogP contribution is 2.24. The van der Waals surface area contributed by atoms with E-state index in [1.54, 1.807) is 6.92 Å². The molecule has 0 aromatic heterocycles. The van der Waals surface area contributed by atoms with Crippen LogP contribution < -0.4 is 15.8 Å². The fraction of sp³-hybridized carbons (Fsp3) is 0.533. The van der Waals surface area contributed by atoms with Crippen LogP contribution in [0.25, 0.3) is 0 Å². The first kappa shape index (κ1) is 13.9. The Morgan fingerprint density at radius 3 is 2.84 bits per heavy atom. The summed E-state index contributed by atoms with van der Waals surface area (Å²) in [5, 5.41) is 3.06. The molecule has 4 heteroatoms. The van der Waals surface area contributed by atoms with Crippen molar-refractivity contribution in [3.8, 4) is 5.75 Å². The van der Waals surface area contributed by atoms with Gasteiger partial charge in [0.25, 0.3) is 5.91 Å². The van der Waals surface area contributed by atoms with Gasteiger partial charge in [0.05, 0.1) is 0 Å². The minimum absolute atomic E-state index is 0.0609. The van der Waals surface area contributed by atoms with Gasteiger partial charge in [-0.3, -0.25) is 4.79 Å². The average molecular weight is 262 g/mol.